The standard InChI is InChI=1S/C9H11NO4/c1-9(2)3-5-6(4-13-9)14-10-7(5)8(11)12/h3-4H2,1-2H3,(H,11,12). The molecule has 1 aromatic heterocycles. The van der Waals surface area contributed by atoms with Crippen molar-refractivity contribution >= 4 is 5.97 Å². The number of aromatic nitrogens is 1. The van der Waals surface area contributed by atoms with Crippen molar-refractivity contribution in [2.75, 3.05) is 0 Å². The third-order valence-corrected chi connectivity index (χ3v) is 2.27. The molecule has 2 rings (SSSR count). The Bertz CT molecular complexity index is 380. The number of carboxylic acids is 1. The molecule has 0 amide bonds. The van der Waals surface area contributed by atoms with Crippen LogP contribution in [0.3, 0.4) is 0 Å². The summed E-state index contributed by atoms with van der Waals surface area (Å²) >= 11 is 0. The van der Waals surface area contributed by atoms with Crippen LogP contribution >= 0.6 is 0 Å². The van der Waals surface area contributed by atoms with Crippen LogP contribution in [0.1, 0.15) is 35.7 Å². The molecule has 1 aliphatic heterocycles. The quantitative estimate of drug-likeness (QED) is 0.732. The minimum atomic E-state index is -1.05. The van der Waals surface area contributed by atoms with Crippen LogP contribution in [-0.2, 0) is 17.8 Å². The van der Waals surface area contributed by atoms with Crippen LogP contribution in [0, 0.1) is 0 Å². The molecular weight excluding hydrogens is 186 g/mol. The van der Waals surface area contributed by atoms with Gasteiger partial charge in [-0.25, -0.2) is 4.79 Å². The van der Waals surface area contributed by atoms with Crippen molar-refractivity contribution in [3.63, 3.8) is 0 Å². The molecule has 76 valence electrons. The maximum atomic E-state index is 10.8. The number of ether oxygens (including phenoxy) is 1. The van der Waals surface area contributed by atoms with Crippen LogP contribution in [0.25, 0.3) is 0 Å². The SMILES string of the molecule is CC1(C)Cc2c(C(=O)O)noc2CO1. The van der Waals surface area contributed by atoms with Gasteiger partial charge in [0.1, 0.15) is 6.61 Å². The Morgan fingerprint density at radius 3 is 2.93 bits per heavy atom. The van der Waals surface area contributed by atoms with Crippen molar-refractivity contribution in [1.82, 2.24) is 5.16 Å². The number of carbonyl (C=O) groups is 1. The monoisotopic (exact) mass is 197 g/mol. The maximum Gasteiger partial charge on any atom is 0.358 e. The van der Waals surface area contributed by atoms with Gasteiger partial charge in [0.15, 0.2) is 11.5 Å². The number of carboxylic acid groups (broad SMARTS) is 1. The number of rotatable bonds is 1. The van der Waals surface area contributed by atoms with Crippen molar-refractivity contribution in [1.29, 1.82) is 0 Å². The third kappa shape index (κ3) is 1.39. The van der Waals surface area contributed by atoms with Crippen molar-refractivity contribution in [2.45, 2.75) is 32.5 Å². The Kier molecular flexibility index (Phi) is 1.85. The highest BCUT2D eigenvalue weighted by Crippen LogP contribution is 2.29. The van der Waals surface area contributed by atoms with Crippen molar-refractivity contribution in [2.24, 2.45) is 0 Å². The molecule has 0 unspecified atom stereocenters. The highest BCUT2D eigenvalue weighted by Gasteiger charge is 2.33. The summed E-state index contributed by atoms with van der Waals surface area (Å²) in [7, 11) is 0. The second kappa shape index (κ2) is 2.81. The van der Waals surface area contributed by atoms with E-state index in [0.29, 0.717) is 24.4 Å². The molecule has 5 nitrogen and oxygen atoms in total. The average molecular weight is 197 g/mol. The Morgan fingerprint density at radius 1 is 1.57 bits per heavy atom. The van der Waals surface area contributed by atoms with E-state index in [1.807, 2.05) is 13.8 Å². The Balaban J connectivity index is 2.42. The first-order chi connectivity index (χ1) is 6.49. The first-order valence-electron chi connectivity index (χ1n) is 4.34. The van der Waals surface area contributed by atoms with Gasteiger partial charge >= 0.3 is 5.97 Å². The summed E-state index contributed by atoms with van der Waals surface area (Å²) in [6, 6.07) is 0. The predicted octanol–water partition coefficient (Wildman–Crippen LogP) is 1.22. The Morgan fingerprint density at radius 2 is 2.29 bits per heavy atom. The van der Waals surface area contributed by atoms with E-state index < -0.39 is 5.97 Å². The number of aromatic carboxylic acids is 1. The van der Waals surface area contributed by atoms with E-state index in [1.165, 1.54) is 0 Å². The molecule has 0 fully saturated rings. The van der Waals surface area contributed by atoms with E-state index in [-0.39, 0.29) is 11.3 Å². The summed E-state index contributed by atoms with van der Waals surface area (Å²) in [5, 5.41) is 12.3. The lowest BCUT2D eigenvalue weighted by atomic mass is 9.94. The second-order valence-electron chi connectivity index (χ2n) is 3.96. The zero-order chi connectivity index (χ0) is 10.3. The lowest BCUT2D eigenvalue weighted by Gasteiger charge is -2.28. The Hall–Kier alpha value is -1.36. The summed E-state index contributed by atoms with van der Waals surface area (Å²) in [5.74, 6) is -0.519. The zero-order valence-corrected chi connectivity index (χ0v) is 8.03. The van der Waals surface area contributed by atoms with E-state index in [1.54, 1.807) is 0 Å². The Labute approximate surface area is 80.6 Å². The third-order valence-electron chi connectivity index (χ3n) is 2.27. The van der Waals surface area contributed by atoms with Gasteiger partial charge in [0.25, 0.3) is 0 Å². The van der Waals surface area contributed by atoms with Crippen LogP contribution in [0.4, 0.5) is 0 Å². The van der Waals surface area contributed by atoms with Crippen LogP contribution in [-0.4, -0.2) is 21.8 Å². The van der Waals surface area contributed by atoms with Gasteiger partial charge in [-0.15, -0.1) is 0 Å². The highest BCUT2D eigenvalue weighted by molar-refractivity contribution is 5.87. The largest absolute Gasteiger partial charge is 0.476 e. The molecule has 0 saturated carbocycles. The summed E-state index contributed by atoms with van der Waals surface area (Å²) < 4.78 is 10.3. The lowest BCUT2D eigenvalue weighted by Crippen LogP contribution is -2.32. The van der Waals surface area contributed by atoms with E-state index in [2.05, 4.69) is 5.16 Å². The molecule has 0 aliphatic carbocycles. The van der Waals surface area contributed by atoms with Gasteiger partial charge in [0, 0.05) is 12.0 Å². The number of hydrogen-bond donors (Lipinski definition) is 1. The van der Waals surface area contributed by atoms with Crippen LogP contribution < -0.4 is 0 Å². The number of nitrogens with zero attached hydrogens (tertiary/aromatic N) is 1. The first kappa shape index (κ1) is 9.21. The van der Waals surface area contributed by atoms with Gasteiger partial charge in [-0.3, -0.25) is 0 Å². The molecule has 5 heteroatoms. The molecule has 0 saturated heterocycles. The normalized spacial score (nSPS) is 19.0. The molecule has 2 heterocycles. The minimum Gasteiger partial charge on any atom is -0.476 e. The summed E-state index contributed by atoms with van der Waals surface area (Å²) in [6.45, 7) is 4.12. The van der Waals surface area contributed by atoms with Gasteiger partial charge in [-0.1, -0.05) is 5.16 Å². The van der Waals surface area contributed by atoms with Gasteiger partial charge in [0.2, 0.25) is 0 Å². The minimum absolute atomic E-state index is 0.0105. The second-order valence-corrected chi connectivity index (χ2v) is 3.96. The summed E-state index contributed by atoms with van der Waals surface area (Å²) in [6.07, 6.45) is 0.521. The van der Waals surface area contributed by atoms with E-state index in [0.717, 1.165) is 0 Å². The van der Waals surface area contributed by atoms with Gasteiger partial charge in [-0.05, 0) is 13.8 Å². The smallest absolute Gasteiger partial charge is 0.358 e. The maximum absolute atomic E-state index is 10.8. The molecule has 0 radical (unpaired) electrons. The zero-order valence-electron chi connectivity index (χ0n) is 8.03. The molecule has 0 spiro atoms. The van der Waals surface area contributed by atoms with E-state index >= 15 is 0 Å². The topological polar surface area (TPSA) is 72.6 Å². The number of hydrogen-bond acceptors (Lipinski definition) is 4. The number of fused-ring (bicyclic) bond motifs is 1. The van der Waals surface area contributed by atoms with Gasteiger partial charge in [-0.2, -0.15) is 0 Å². The molecule has 0 atom stereocenters. The molecule has 1 aliphatic rings. The fourth-order valence-corrected chi connectivity index (χ4v) is 1.54. The van der Waals surface area contributed by atoms with Crippen molar-refractivity contribution < 1.29 is 19.2 Å². The van der Waals surface area contributed by atoms with E-state index in [4.69, 9.17) is 14.4 Å². The van der Waals surface area contributed by atoms with Crippen LogP contribution in [0.5, 0.6) is 0 Å². The van der Waals surface area contributed by atoms with E-state index in [9.17, 15) is 4.79 Å². The fourth-order valence-electron chi connectivity index (χ4n) is 1.54. The summed E-state index contributed by atoms with van der Waals surface area (Å²) in [5.41, 5.74) is 0.327. The fraction of sp³-hybridized carbons (Fsp3) is 0.556. The molecule has 0 bridgehead atoms. The van der Waals surface area contributed by atoms with Crippen molar-refractivity contribution in [3.05, 3.63) is 17.0 Å². The summed E-state index contributed by atoms with van der Waals surface area (Å²) in [4.78, 5) is 10.8. The van der Waals surface area contributed by atoms with Gasteiger partial charge in [0.05, 0.1) is 5.60 Å². The molecular formula is C9H11NO4. The van der Waals surface area contributed by atoms with Crippen molar-refractivity contribution in [3.8, 4) is 0 Å². The van der Waals surface area contributed by atoms with Crippen LogP contribution in [0.15, 0.2) is 4.52 Å². The first-order valence-corrected chi connectivity index (χ1v) is 4.34. The highest BCUT2D eigenvalue weighted by atomic mass is 16.5. The molecule has 1 N–H and O–H groups in total. The molecule has 14 heavy (non-hydrogen) atoms. The van der Waals surface area contributed by atoms with Gasteiger partial charge < -0.3 is 14.4 Å². The predicted molar refractivity (Wildman–Crippen MR) is 46.0 cm³/mol. The average Bonchev–Trinajstić information content (AvgIpc) is 2.44. The lowest BCUT2D eigenvalue weighted by molar-refractivity contribution is -0.0496. The van der Waals surface area contributed by atoms with Crippen LogP contribution in [0.2, 0.25) is 0 Å². The molecule has 0 aromatic carbocycles. The molecule has 1 aromatic rings.